The maximum Gasteiger partial charge on any atom is 0.511 e. The van der Waals surface area contributed by atoms with E-state index in [1.165, 1.54) is 11.1 Å². The first-order valence-electron chi connectivity index (χ1n) is 7.55. The molecule has 0 radical (unpaired) electrons. The molecule has 0 bridgehead atoms. The molecule has 0 unspecified atom stereocenters. The first-order chi connectivity index (χ1) is 10.5. The Morgan fingerprint density at radius 3 is 2.36 bits per heavy atom. The lowest BCUT2D eigenvalue weighted by Gasteiger charge is -2.17. The minimum Gasteiger partial charge on any atom is -0.449 e. The summed E-state index contributed by atoms with van der Waals surface area (Å²) in [5.74, 6) is 0.414. The topological polar surface area (TPSA) is 46.5 Å². The molecule has 0 aliphatic carbocycles. The summed E-state index contributed by atoms with van der Waals surface area (Å²) in [7, 11) is 0. The van der Waals surface area contributed by atoms with Crippen LogP contribution in [0.2, 0.25) is 0 Å². The van der Waals surface area contributed by atoms with Gasteiger partial charge in [-0.2, -0.15) is 0 Å². The molecule has 0 aromatic heterocycles. The molecule has 3 heteroatoms. The van der Waals surface area contributed by atoms with E-state index in [-0.39, 0.29) is 0 Å². The van der Waals surface area contributed by atoms with Gasteiger partial charge in [-0.25, -0.2) is 4.79 Å². The Bertz CT molecular complexity index is 702. The van der Waals surface area contributed by atoms with Crippen molar-refractivity contribution in [2.45, 2.75) is 40.5 Å². The zero-order chi connectivity index (χ0) is 16.3. The maximum atomic E-state index is 10.9. The van der Waals surface area contributed by atoms with Crippen molar-refractivity contribution in [3.63, 3.8) is 0 Å². The minimum absolute atomic E-state index is 0.414. The van der Waals surface area contributed by atoms with Crippen molar-refractivity contribution >= 4 is 6.16 Å². The van der Waals surface area contributed by atoms with E-state index in [0.29, 0.717) is 5.75 Å². The number of ether oxygens (including phenoxy) is 1. The predicted molar refractivity (Wildman–Crippen MR) is 88.7 cm³/mol. The van der Waals surface area contributed by atoms with Crippen LogP contribution >= 0.6 is 0 Å². The third-order valence-corrected chi connectivity index (χ3v) is 4.20. The van der Waals surface area contributed by atoms with Crippen LogP contribution < -0.4 is 4.74 Å². The first kappa shape index (κ1) is 16.1. The fourth-order valence-electron chi connectivity index (χ4n) is 2.77. The van der Waals surface area contributed by atoms with E-state index in [2.05, 4.69) is 26.0 Å². The van der Waals surface area contributed by atoms with Crippen molar-refractivity contribution in [1.29, 1.82) is 0 Å². The summed E-state index contributed by atoms with van der Waals surface area (Å²) in [4.78, 5) is 10.9. The Morgan fingerprint density at radius 2 is 1.73 bits per heavy atom. The highest BCUT2D eigenvalue weighted by Crippen LogP contribution is 2.35. The van der Waals surface area contributed by atoms with Gasteiger partial charge in [-0.1, -0.05) is 37.6 Å². The van der Waals surface area contributed by atoms with Crippen LogP contribution in [0.3, 0.4) is 0 Å². The van der Waals surface area contributed by atoms with Gasteiger partial charge in [0.1, 0.15) is 5.75 Å². The van der Waals surface area contributed by atoms with E-state index < -0.39 is 6.16 Å². The van der Waals surface area contributed by atoms with Gasteiger partial charge in [-0.15, -0.1) is 0 Å². The van der Waals surface area contributed by atoms with Crippen LogP contribution in [0, 0.1) is 20.8 Å². The number of aryl methyl sites for hydroxylation is 1. The minimum atomic E-state index is -1.28. The lowest BCUT2D eigenvalue weighted by Crippen LogP contribution is -2.06. The molecule has 0 aliphatic heterocycles. The monoisotopic (exact) mass is 298 g/mol. The van der Waals surface area contributed by atoms with Crippen LogP contribution in [0.4, 0.5) is 4.79 Å². The van der Waals surface area contributed by atoms with Crippen molar-refractivity contribution in [2.75, 3.05) is 0 Å². The van der Waals surface area contributed by atoms with Crippen LogP contribution in [0.25, 0.3) is 11.1 Å². The van der Waals surface area contributed by atoms with E-state index in [1.807, 2.05) is 32.0 Å². The van der Waals surface area contributed by atoms with Crippen LogP contribution in [0.5, 0.6) is 5.75 Å². The molecule has 2 aromatic rings. The quantitative estimate of drug-likeness (QED) is 0.616. The molecule has 22 heavy (non-hydrogen) atoms. The van der Waals surface area contributed by atoms with Crippen molar-refractivity contribution in [3.05, 3.63) is 52.6 Å². The van der Waals surface area contributed by atoms with E-state index in [9.17, 15) is 4.79 Å². The average molecular weight is 298 g/mol. The molecule has 0 saturated heterocycles. The van der Waals surface area contributed by atoms with Crippen molar-refractivity contribution in [1.82, 2.24) is 0 Å². The Kier molecular flexibility index (Phi) is 4.86. The maximum absolute atomic E-state index is 10.9. The summed E-state index contributed by atoms with van der Waals surface area (Å²) in [6, 6.07) is 10.1. The normalized spacial score (nSPS) is 10.5. The van der Waals surface area contributed by atoms with Crippen molar-refractivity contribution in [3.8, 4) is 16.9 Å². The standard InChI is InChI=1S/C19H22O3/c1-5-8-15-9-6-7-10-16(15)17-11-18(22-19(20)21)14(4)12(2)13(17)3/h6-7,9-11H,5,8H2,1-4H3,(H,20,21). The summed E-state index contributed by atoms with van der Waals surface area (Å²) in [6.07, 6.45) is 0.788. The Labute approximate surface area is 131 Å². The molecular formula is C19H22O3. The number of carbonyl (C=O) groups is 1. The van der Waals surface area contributed by atoms with Gasteiger partial charge in [-0.05, 0) is 66.6 Å². The molecule has 1 N–H and O–H groups in total. The van der Waals surface area contributed by atoms with Crippen LogP contribution in [-0.2, 0) is 6.42 Å². The third kappa shape index (κ3) is 3.14. The van der Waals surface area contributed by atoms with E-state index in [0.717, 1.165) is 35.1 Å². The van der Waals surface area contributed by atoms with Gasteiger partial charge in [-0.3, -0.25) is 0 Å². The highest BCUT2D eigenvalue weighted by atomic mass is 16.7. The van der Waals surface area contributed by atoms with E-state index >= 15 is 0 Å². The van der Waals surface area contributed by atoms with Crippen LogP contribution in [0.15, 0.2) is 30.3 Å². The zero-order valence-electron chi connectivity index (χ0n) is 13.6. The van der Waals surface area contributed by atoms with Gasteiger partial charge in [0, 0.05) is 0 Å². The molecule has 116 valence electrons. The largest absolute Gasteiger partial charge is 0.511 e. The van der Waals surface area contributed by atoms with Crippen LogP contribution in [-0.4, -0.2) is 11.3 Å². The molecule has 0 amide bonds. The summed E-state index contributed by atoms with van der Waals surface area (Å²) in [6.45, 7) is 8.13. The molecule has 0 aliphatic rings. The number of rotatable bonds is 4. The number of hydrogen-bond donors (Lipinski definition) is 1. The lowest BCUT2D eigenvalue weighted by atomic mass is 9.90. The van der Waals surface area contributed by atoms with Gasteiger partial charge in [0.15, 0.2) is 0 Å². The molecule has 0 saturated carbocycles. The first-order valence-corrected chi connectivity index (χ1v) is 7.55. The van der Waals surface area contributed by atoms with Crippen molar-refractivity contribution in [2.24, 2.45) is 0 Å². The fourth-order valence-corrected chi connectivity index (χ4v) is 2.77. The highest BCUT2D eigenvalue weighted by Gasteiger charge is 2.15. The second kappa shape index (κ2) is 6.65. The molecule has 0 spiro atoms. The number of benzene rings is 2. The zero-order valence-corrected chi connectivity index (χ0v) is 13.6. The molecule has 2 rings (SSSR count). The van der Waals surface area contributed by atoms with Gasteiger partial charge in [0.25, 0.3) is 0 Å². The Morgan fingerprint density at radius 1 is 1.05 bits per heavy atom. The van der Waals surface area contributed by atoms with Gasteiger partial charge >= 0.3 is 6.16 Å². The number of carboxylic acid groups (broad SMARTS) is 1. The molecule has 0 fully saturated rings. The fraction of sp³-hybridized carbons (Fsp3) is 0.316. The summed E-state index contributed by atoms with van der Waals surface area (Å²) in [5, 5.41) is 8.93. The Hall–Kier alpha value is -2.29. The molecule has 0 atom stereocenters. The van der Waals surface area contributed by atoms with Crippen molar-refractivity contribution < 1.29 is 14.6 Å². The average Bonchev–Trinajstić information content (AvgIpc) is 2.49. The second-order valence-corrected chi connectivity index (χ2v) is 5.57. The summed E-state index contributed by atoms with van der Waals surface area (Å²) >= 11 is 0. The van der Waals surface area contributed by atoms with Gasteiger partial charge < -0.3 is 9.84 Å². The second-order valence-electron chi connectivity index (χ2n) is 5.57. The van der Waals surface area contributed by atoms with Gasteiger partial charge in [0.2, 0.25) is 0 Å². The van der Waals surface area contributed by atoms with Crippen LogP contribution in [0.1, 0.15) is 35.6 Å². The molecule has 3 nitrogen and oxygen atoms in total. The highest BCUT2D eigenvalue weighted by molar-refractivity contribution is 5.75. The molecule has 0 heterocycles. The summed E-state index contributed by atoms with van der Waals surface area (Å²) < 4.78 is 4.96. The molecular weight excluding hydrogens is 276 g/mol. The smallest absolute Gasteiger partial charge is 0.449 e. The number of hydrogen-bond acceptors (Lipinski definition) is 2. The SMILES string of the molecule is CCCc1ccccc1-c1cc(OC(=O)O)c(C)c(C)c1C. The van der Waals surface area contributed by atoms with E-state index in [1.54, 1.807) is 0 Å². The van der Waals surface area contributed by atoms with Gasteiger partial charge in [0.05, 0.1) is 0 Å². The lowest BCUT2D eigenvalue weighted by molar-refractivity contribution is 0.144. The molecule has 2 aromatic carbocycles. The summed E-state index contributed by atoms with van der Waals surface area (Å²) in [5.41, 5.74) is 6.58. The van der Waals surface area contributed by atoms with E-state index in [4.69, 9.17) is 9.84 Å². The predicted octanol–water partition coefficient (Wildman–Crippen LogP) is 5.29. The third-order valence-electron chi connectivity index (χ3n) is 4.20. The Balaban J connectivity index is 2.65.